The van der Waals surface area contributed by atoms with Crippen molar-refractivity contribution in [3.63, 3.8) is 0 Å². The lowest BCUT2D eigenvalue weighted by Crippen LogP contribution is -2.61. The van der Waals surface area contributed by atoms with Crippen LogP contribution in [0.2, 0.25) is 0 Å². The highest BCUT2D eigenvalue weighted by Crippen LogP contribution is 2.32. The summed E-state index contributed by atoms with van der Waals surface area (Å²) >= 11 is 1.93. The second-order valence-corrected chi connectivity index (χ2v) is 7.96. The molecule has 8 heteroatoms. The van der Waals surface area contributed by atoms with Gasteiger partial charge >= 0.3 is 11.8 Å². The molecule has 2 fully saturated rings. The molecule has 0 spiro atoms. The van der Waals surface area contributed by atoms with Crippen LogP contribution in [-0.4, -0.2) is 66.6 Å². The number of nitriles is 1. The van der Waals surface area contributed by atoms with Gasteiger partial charge < -0.3 is 15.4 Å². The van der Waals surface area contributed by atoms with Crippen molar-refractivity contribution in [3.8, 4) is 6.07 Å². The highest BCUT2D eigenvalue weighted by Gasteiger charge is 2.39. The zero-order valence-electron chi connectivity index (χ0n) is 15.2. The Morgan fingerprint density at radius 3 is 2.59 bits per heavy atom. The molecule has 0 saturated carbocycles. The smallest absolute Gasteiger partial charge is 0.313 e. The number of thioether (sulfide) groups is 1. The molecule has 1 aromatic carbocycles. The van der Waals surface area contributed by atoms with Gasteiger partial charge in [-0.05, 0) is 36.5 Å². The number of para-hydroxylation sites is 1. The summed E-state index contributed by atoms with van der Waals surface area (Å²) in [6.07, 6.45) is 1.97. The lowest BCUT2D eigenvalue weighted by atomic mass is 9.89. The van der Waals surface area contributed by atoms with Crippen LogP contribution in [0, 0.1) is 11.3 Å². The fourth-order valence-corrected chi connectivity index (χ4v) is 4.84. The maximum absolute atomic E-state index is 12.4. The van der Waals surface area contributed by atoms with Crippen LogP contribution in [0.15, 0.2) is 24.3 Å². The molecule has 7 nitrogen and oxygen atoms in total. The summed E-state index contributed by atoms with van der Waals surface area (Å²) in [7, 11) is 0. The Balaban J connectivity index is 1.61. The maximum Gasteiger partial charge on any atom is 0.313 e. The second kappa shape index (κ2) is 9.22. The molecule has 2 saturated heterocycles. The Morgan fingerprint density at radius 2 is 1.89 bits per heavy atom. The van der Waals surface area contributed by atoms with Gasteiger partial charge in [0.1, 0.15) is 6.07 Å². The highest BCUT2D eigenvalue weighted by molar-refractivity contribution is 7.99. The van der Waals surface area contributed by atoms with Crippen LogP contribution in [-0.2, 0) is 14.3 Å². The third-order valence-corrected chi connectivity index (χ3v) is 6.17. The normalized spacial score (nSPS) is 19.7. The van der Waals surface area contributed by atoms with Crippen molar-refractivity contribution in [2.24, 2.45) is 0 Å². The number of carbonyl (C=O) groups excluding carboxylic acids is 2. The third kappa shape index (κ3) is 4.80. The van der Waals surface area contributed by atoms with E-state index in [2.05, 4.69) is 15.5 Å². The van der Waals surface area contributed by atoms with E-state index in [1.807, 2.05) is 17.8 Å². The van der Waals surface area contributed by atoms with Crippen LogP contribution in [0.5, 0.6) is 0 Å². The van der Waals surface area contributed by atoms with Gasteiger partial charge in [-0.1, -0.05) is 12.1 Å². The van der Waals surface area contributed by atoms with E-state index in [1.54, 1.807) is 24.3 Å². The minimum absolute atomic E-state index is 0.116. The summed E-state index contributed by atoms with van der Waals surface area (Å²) in [5.41, 5.74) is 0.556. The molecule has 0 bridgehead atoms. The van der Waals surface area contributed by atoms with Crippen molar-refractivity contribution >= 4 is 29.3 Å². The summed E-state index contributed by atoms with van der Waals surface area (Å²) in [6.45, 7) is 3.55. The number of nitrogens with zero attached hydrogens (tertiary/aromatic N) is 2. The monoisotopic (exact) mass is 388 g/mol. The Morgan fingerprint density at radius 1 is 1.19 bits per heavy atom. The second-order valence-electron chi connectivity index (χ2n) is 6.73. The van der Waals surface area contributed by atoms with Gasteiger partial charge in [-0.2, -0.15) is 17.0 Å². The van der Waals surface area contributed by atoms with Gasteiger partial charge in [0.25, 0.3) is 0 Å². The lowest BCUT2D eigenvalue weighted by molar-refractivity contribution is -0.136. The van der Waals surface area contributed by atoms with Crippen LogP contribution >= 0.6 is 11.8 Å². The van der Waals surface area contributed by atoms with Gasteiger partial charge in [0, 0.05) is 25.2 Å². The molecule has 0 atom stereocenters. The quantitative estimate of drug-likeness (QED) is 0.753. The SMILES string of the molecule is N#Cc1ccccc1NC(=O)C(=O)NCC1(N2CCOCC2)CCSCC1. The average molecular weight is 388 g/mol. The Labute approximate surface area is 163 Å². The van der Waals surface area contributed by atoms with Gasteiger partial charge in [-0.3, -0.25) is 14.5 Å². The van der Waals surface area contributed by atoms with E-state index < -0.39 is 11.8 Å². The topological polar surface area (TPSA) is 94.5 Å². The molecule has 2 aliphatic heterocycles. The van der Waals surface area contributed by atoms with Crippen LogP contribution in [0.1, 0.15) is 18.4 Å². The van der Waals surface area contributed by atoms with E-state index in [0.717, 1.165) is 37.4 Å². The maximum atomic E-state index is 12.4. The minimum atomic E-state index is -0.750. The molecular weight excluding hydrogens is 364 g/mol. The number of benzene rings is 1. The predicted octanol–water partition coefficient (Wildman–Crippen LogP) is 1.21. The first kappa shape index (κ1) is 19.7. The molecule has 0 aliphatic carbocycles. The summed E-state index contributed by atoms with van der Waals surface area (Å²) in [4.78, 5) is 27.0. The Kier molecular flexibility index (Phi) is 6.72. The van der Waals surface area contributed by atoms with Crippen LogP contribution in [0.4, 0.5) is 5.69 Å². The number of morpholine rings is 1. The van der Waals surface area contributed by atoms with Crippen LogP contribution in [0.25, 0.3) is 0 Å². The molecule has 2 aliphatic rings. The highest BCUT2D eigenvalue weighted by atomic mass is 32.2. The van der Waals surface area contributed by atoms with Crippen molar-refractivity contribution in [3.05, 3.63) is 29.8 Å². The number of rotatable bonds is 4. The van der Waals surface area contributed by atoms with Gasteiger partial charge in [0.2, 0.25) is 0 Å². The summed E-state index contributed by atoms with van der Waals surface area (Å²) in [6, 6.07) is 8.63. The molecule has 1 aromatic rings. The van der Waals surface area contributed by atoms with E-state index in [-0.39, 0.29) is 5.54 Å². The molecule has 0 unspecified atom stereocenters. The fourth-order valence-electron chi connectivity index (χ4n) is 3.59. The van der Waals surface area contributed by atoms with Crippen molar-refractivity contribution in [2.75, 3.05) is 49.7 Å². The number of hydrogen-bond acceptors (Lipinski definition) is 6. The Bertz CT molecular complexity index is 722. The molecule has 0 aromatic heterocycles. The molecule has 2 N–H and O–H groups in total. The van der Waals surface area contributed by atoms with E-state index in [0.29, 0.717) is 31.0 Å². The number of hydrogen-bond donors (Lipinski definition) is 2. The standard InChI is InChI=1S/C19H24N4O3S/c20-13-15-3-1-2-4-16(15)22-18(25)17(24)21-14-19(5-11-27-12-6-19)23-7-9-26-10-8-23/h1-4H,5-12,14H2,(H,21,24)(H,22,25). The van der Waals surface area contributed by atoms with Crippen molar-refractivity contribution in [1.29, 1.82) is 5.26 Å². The first-order chi connectivity index (χ1) is 13.1. The Hall–Kier alpha value is -2.08. The summed E-state index contributed by atoms with van der Waals surface area (Å²) in [5, 5.41) is 14.5. The number of anilines is 1. The van der Waals surface area contributed by atoms with Crippen LogP contribution in [0.3, 0.4) is 0 Å². The lowest BCUT2D eigenvalue weighted by Gasteiger charge is -2.47. The van der Waals surface area contributed by atoms with Gasteiger partial charge in [-0.15, -0.1) is 0 Å². The van der Waals surface area contributed by atoms with Crippen molar-refractivity contribution in [2.45, 2.75) is 18.4 Å². The van der Waals surface area contributed by atoms with Gasteiger partial charge in [-0.25, -0.2) is 0 Å². The van der Waals surface area contributed by atoms with E-state index in [9.17, 15) is 9.59 Å². The average Bonchev–Trinajstić information content (AvgIpc) is 2.73. The minimum Gasteiger partial charge on any atom is -0.379 e. The first-order valence-electron chi connectivity index (χ1n) is 9.13. The molecular formula is C19H24N4O3S. The first-order valence-corrected chi connectivity index (χ1v) is 10.3. The zero-order valence-corrected chi connectivity index (χ0v) is 16.0. The van der Waals surface area contributed by atoms with Crippen molar-refractivity contribution < 1.29 is 14.3 Å². The number of amides is 2. The molecule has 2 amide bonds. The zero-order chi connectivity index (χ0) is 19.1. The molecule has 27 heavy (non-hydrogen) atoms. The molecule has 3 rings (SSSR count). The van der Waals surface area contributed by atoms with Gasteiger partial charge in [0.05, 0.1) is 24.5 Å². The number of nitrogens with one attached hydrogen (secondary N) is 2. The summed E-state index contributed by atoms with van der Waals surface area (Å²) in [5.74, 6) is 0.679. The largest absolute Gasteiger partial charge is 0.379 e. The molecule has 0 radical (unpaired) electrons. The third-order valence-electron chi connectivity index (χ3n) is 5.19. The van der Waals surface area contributed by atoms with E-state index in [4.69, 9.17) is 10.00 Å². The van der Waals surface area contributed by atoms with Crippen LogP contribution < -0.4 is 10.6 Å². The summed E-state index contributed by atoms with van der Waals surface area (Å²) < 4.78 is 5.46. The predicted molar refractivity (Wildman–Crippen MR) is 104 cm³/mol. The fraction of sp³-hybridized carbons (Fsp3) is 0.526. The van der Waals surface area contributed by atoms with E-state index >= 15 is 0 Å². The van der Waals surface area contributed by atoms with Crippen molar-refractivity contribution in [1.82, 2.24) is 10.2 Å². The molecule has 144 valence electrons. The number of ether oxygens (including phenoxy) is 1. The van der Waals surface area contributed by atoms with Gasteiger partial charge in [0.15, 0.2) is 0 Å². The number of carbonyl (C=O) groups is 2. The molecule has 2 heterocycles. The van der Waals surface area contributed by atoms with E-state index in [1.165, 1.54) is 0 Å².